The first-order valence-electron chi connectivity index (χ1n) is 5.13. The molecule has 0 aromatic heterocycles. The molecule has 0 saturated heterocycles. The maximum Gasteiger partial charge on any atom is 0.421 e. The van der Waals surface area contributed by atoms with Crippen molar-refractivity contribution in [2.45, 2.75) is 31.5 Å². The Morgan fingerprint density at radius 1 is 1.31 bits per heavy atom. The Balaban J connectivity index is 2.61. The van der Waals surface area contributed by atoms with Gasteiger partial charge in [-0.05, 0) is 36.5 Å². The van der Waals surface area contributed by atoms with E-state index in [0.29, 0.717) is 6.42 Å². The van der Waals surface area contributed by atoms with Crippen molar-refractivity contribution >= 4 is 0 Å². The van der Waals surface area contributed by atoms with Crippen LogP contribution in [0.1, 0.15) is 23.1 Å². The minimum absolute atomic E-state index is 0.0206. The van der Waals surface area contributed by atoms with Crippen molar-refractivity contribution in [3.63, 3.8) is 0 Å². The first kappa shape index (κ1) is 11.5. The highest BCUT2D eigenvalue weighted by Crippen LogP contribution is 2.50. The van der Waals surface area contributed by atoms with Crippen molar-refractivity contribution in [2.75, 3.05) is 7.11 Å². The van der Waals surface area contributed by atoms with E-state index < -0.39 is 11.8 Å². The minimum Gasteiger partial charge on any atom is -0.364 e. The molecule has 1 atom stereocenters. The van der Waals surface area contributed by atoms with Gasteiger partial charge in [-0.15, -0.1) is 0 Å². The normalized spacial score (nSPS) is 24.6. The number of rotatable bonds is 1. The van der Waals surface area contributed by atoms with Gasteiger partial charge in [0, 0.05) is 7.11 Å². The lowest BCUT2D eigenvalue weighted by atomic mass is 9.94. The van der Waals surface area contributed by atoms with Gasteiger partial charge in [-0.3, -0.25) is 0 Å². The van der Waals surface area contributed by atoms with Crippen molar-refractivity contribution in [3.8, 4) is 0 Å². The fourth-order valence-corrected chi connectivity index (χ4v) is 2.47. The van der Waals surface area contributed by atoms with Crippen molar-refractivity contribution in [3.05, 3.63) is 34.9 Å². The van der Waals surface area contributed by atoms with Gasteiger partial charge in [0.25, 0.3) is 0 Å². The molecule has 1 aliphatic rings. The molecule has 1 unspecified atom stereocenters. The Labute approximate surface area is 92.2 Å². The third-order valence-corrected chi connectivity index (χ3v) is 3.38. The largest absolute Gasteiger partial charge is 0.421 e. The molecule has 0 radical (unpaired) electrons. The molecule has 0 spiro atoms. The molecule has 0 heterocycles. The van der Waals surface area contributed by atoms with E-state index >= 15 is 0 Å². The maximum atomic E-state index is 13.1. The summed E-state index contributed by atoms with van der Waals surface area (Å²) in [6.45, 7) is 1.83. The van der Waals surface area contributed by atoms with Crippen LogP contribution < -0.4 is 0 Å². The van der Waals surface area contributed by atoms with Crippen LogP contribution in [0.2, 0.25) is 0 Å². The fourth-order valence-electron chi connectivity index (χ4n) is 2.47. The van der Waals surface area contributed by atoms with Crippen molar-refractivity contribution in [2.24, 2.45) is 0 Å². The highest BCUT2D eigenvalue weighted by Gasteiger charge is 2.59. The van der Waals surface area contributed by atoms with Gasteiger partial charge in [0.2, 0.25) is 0 Å². The zero-order valence-corrected chi connectivity index (χ0v) is 9.19. The Kier molecular flexibility index (Phi) is 2.49. The molecule has 88 valence electrons. The van der Waals surface area contributed by atoms with Crippen molar-refractivity contribution < 1.29 is 17.9 Å². The molecule has 0 saturated carbocycles. The third kappa shape index (κ3) is 1.36. The summed E-state index contributed by atoms with van der Waals surface area (Å²) in [5, 5.41) is 0. The summed E-state index contributed by atoms with van der Waals surface area (Å²) in [6.07, 6.45) is -3.96. The van der Waals surface area contributed by atoms with Crippen LogP contribution in [0.3, 0.4) is 0 Å². The molecule has 0 fully saturated rings. The van der Waals surface area contributed by atoms with Crippen LogP contribution in [0, 0.1) is 6.92 Å². The number of benzene rings is 1. The number of fused-ring (bicyclic) bond motifs is 1. The third-order valence-electron chi connectivity index (χ3n) is 3.38. The minimum atomic E-state index is -4.36. The maximum absolute atomic E-state index is 13.1. The number of aryl methyl sites for hydroxylation is 1. The summed E-state index contributed by atoms with van der Waals surface area (Å²) in [5.74, 6) is 0. The van der Waals surface area contributed by atoms with E-state index in [1.807, 2.05) is 13.0 Å². The Bertz CT molecular complexity index is 411. The number of hydrogen-bond donors (Lipinski definition) is 0. The molecule has 1 aromatic carbocycles. The predicted molar refractivity (Wildman–Crippen MR) is 54.2 cm³/mol. The summed E-state index contributed by atoms with van der Waals surface area (Å²) in [4.78, 5) is 0. The topological polar surface area (TPSA) is 9.23 Å². The first-order chi connectivity index (χ1) is 7.42. The van der Waals surface area contributed by atoms with Gasteiger partial charge in [-0.25, -0.2) is 0 Å². The van der Waals surface area contributed by atoms with Gasteiger partial charge in [-0.2, -0.15) is 13.2 Å². The SMILES string of the molecule is COC1(C(F)(F)F)CCc2c(C)cccc21. The van der Waals surface area contributed by atoms with Gasteiger partial charge >= 0.3 is 6.18 Å². The smallest absolute Gasteiger partial charge is 0.364 e. The lowest BCUT2D eigenvalue weighted by Gasteiger charge is -2.31. The molecule has 0 aliphatic heterocycles. The molecular formula is C12H13F3O. The van der Waals surface area contributed by atoms with E-state index in [0.717, 1.165) is 18.2 Å². The van der Waals surface area contributed by atoms with Gasteiger partial charge in [0.05, 0.1) is 0 Å². The van der Waals surface area contributed by atoms with Crippen molar-refractivity contribution in [1.29, 1.82) is 0 Å². The molecule has 0 bridgehead atoms. The van der Waals surface area contributed by atoms with E-state index in [4.69, 9.17) is 4.74 Å². The first-order valence-corrected chi connectivity index (χ1v) is 5.13. The summed E-state index contributed by atoms with van der Waals surface area (Å²) in [7, 11) is 1.13. The molecule has 4 heteroatoms. The lowest BCUT2D eigenvalue weighted by molar-refractivity contribution is -0.275. The van der Waals surface area contributed by atoms with Gasteiger partial charge < -0.3 is 4.74 Å². The number of hydrogen-bond acceptors (Lipinski definition) is 1. The molecule has 1 nitrogen and oxygen atoms in total. The number of alkyl halides is 3. The number of halogens is 3. The Morgan fingerprint density at radius 3 is 2.56 bits per heavy atom. The molecule has 0 N–H and O–H groups in total. The van der Waals surface area contributed by atoms with E-state index in [1.54, 1.807) is 6.07 Å². The molecule has 1 aromatic rings. The summed E-state index contributed by atoms with van der Waals surface area (Å²) >= 11 is 0. The van der Waals surface area contributed by atoms with Crippen LogP contribution in [0.25, 0.3) is 0 Å². The molecule has 1 aliphatic carbocycles. The lowest BCUT2D eigenvalue weighted by Crippen LogP contribution is -2.42. The summed E-state index contributed by atoms with van der Waals surface area (Å²) < 4.78 is 44.1. The zero-order valence-electron chi connectivity index (χ0n) is 9.19. The van der Waals surface area contributed by atoms with Gasteiger partial charge in [-0.1, -0.05) is 18.2 Å². The second kappa shape index (κ2) is 3.48. The molecule has 16 heavy (non-hydrogen) atoms. The van der Waals surface area contributed by atoms with Crippen LogP contribution in [0.4, 0.5) is 13.2 Å². The van der Waals surface area contributed by atoms with Crippen LogP contribution in [-0.2, 0) is 16.8 Å². The Hall–Kier alpha value is -1.03. The zero-order chi connectivity index (χ0) is 12.0. The molecular weight excluding hydrogens is 217 g/mol. The monoisotopic (exact) mass is 230 g/mol. The highest BCUT2D eigenvalue weighted by molar-refractivity contribution is 5.43. The average molecular weight is 230 g/mol. The van der Waals surface area contributed by atoms with Crippen LogP contribution in [0.5, 0.6) is 0 Å². The second-order valence-electron chi connectivity index (χ2n) is 4.13. The van der Waals surface area contributed by atoms with Crippen LogP contribution in [0.15, 0.2) is 18.2 Å². The average Bonchev–Trinajstić information content (AvgIpc) is 2.58. The number of methoxy groups -OCH3 is 1. The van der Waals surface area contributed by atoms with Crippen LogP contribution in [-0.4, -0.2) is 13.3 Å². The van der Waals surface area contributed by atoms with E-state index in [2.05, 4.69) is 0 Å². The molecule has 2 rings (SSSR count). The standard InChI is InChI=1S/C12H13F3O/c1-8-4-3-5-10-9(8)6-7-11(10,16-2)12(13,14)15/h3-5H,6-7H2,1-2H3. The molecule has 0 amide bonds. The van der Waals surface area contributed by atoms with Gasteiger partial charge in [0.1, 0.15) is 0 Å². The van der Waals surface area contributed by atoms with E-state index in [-0.39, 0.29) is 12.0 Å². The Morgan fingerprint density at radius 2 is 2.00 bits per heavy atom. The fraction of sp³-hybridized carbons (Fsp3) is 0.500. The summed E-state index contributed by atoms with van der Waals surface area (Å²) in [5.41, 5.74) is -0.140. The quantitative estimate of drug-likeness (QED) is 0.719. The van der Waals surface area contributed by atoms with E-state index in [1.165, 1.54) is 6.07 Å². The van der Waals surface area contributed by atoms with Crippen LogP contribution >= 0.6 is 0 Å². The van der Waals surface area contributed by atoms with E-state index in [9.17, 15) is 13.2 Å². The van der Waals surface area contributed by atoms with Gasteiger partial charge in [0.15, 0.2) is 5.60 Å². The number of ether oxygens (including phenoxy) is 1. The van der Waals surface area contributed by atoms with Crippen molar-refractivity contribution in [1.82, 2.24) is 0 Å². The predicted octanol–water partition coefficient (Wildman–Crippen LogP) is 3.35. The highest BCUT2D eigenvalue weighted by atomic mass is 19.4. The summed E-state index contributed by atoms with van der Waals surface area (Å²) in [6, 6.07) is 5.01. The second-order valence-corrected chi connectivity index (χ2v) is 4.13.